The molecule has 1 saturated heterocycles. The summed E-state index contributed by atoms with van der Waals surface area (Å²) in [6, 6.07) is 0.0586. The number of nitrogens with two attached hydrogens (primary N) is 1. The Morgan fingerprint density at radius 3 is 2.19 bits per heavy atom. The van der Waals surface area contributed by atoms with E-state index in [1.54, 1.807) is 0 Å². The van der Waals surface area contributed by atoms with Crippen molar-refractivity contribution in [1.82, 2.24) is 24.9 Å². The third-order valence-electron chi connectivity index (χ3n) is 3.82. The van der Waals surface area contributed by atoms with Crippen molar-refractivity contribution >= 4 is 11.9 Å². The number of hydrogen-bond donors (Lipinski definition) is 1. The number of alkyl halides is 3. The summed E-state index contributed by atoms with van der Waals surface area (Å²) in [4.78, 5) is 23.7. The number of nitrogens with zero attached hydrogens (tertiary/aromatic N) is 7. The van der Waals surface area contributed by atoms with Crippen molar-refractivity contribution < 1.29 is 17.9 Å². The zero-order valence-electron chi connectivity index (χ0n) is 14.6. The molecule has 2 aromatic rings. The number of aromatic nitrogens is 5. The van der Waals surface area contributed by atoms with Gasteiger partial charge in [-0.1, -0.05) is 0 Å². The van der Waals surface area contributed by atoms with Crippen LogP contribution in [0.5, 0.6) is 6.01 Å². The van der Waals surface area contributed by atoms with E-state index in [1.165, 1.54) is 6.33 Å². The first-order valence-electron chi connectivity index (χ1n) is 8.29. The molecule has 0 spiro atoms. The topological polar surface area (TPSA) is 106 Å². The molecular weight excluding hydrogens is 365 g/mol. The number of ether oxygens (including phenoxy) is 1. The van der Waals surface area contributed by atoms with Crippen LogP contribution in [0.3, 0.4) is 0 Å². The van der Waals surface area contributed by atoms with E-state index in [0.717, 1.165) is 12.4 Å². The van der Waals surface area contributed by atoms with Gasteiger partial charge in [-0.2, -0.15) is 23.1 Å². The Morgan fingerprint density at radius 1 is 1.04 bits per heavy atom. The van der Waals surface area contributed by atoms with Gasteiger partial charge in [-0.15, -0.1) is 0 Å². The van der Waals surface area contributed by atoms with Crippen molar-refractivity contribution in [2.75, 3.05) is 42.6 Å². The lowest BCUT2D eigenvalue weighted by atomic mass is 10.3. The lowest BCUT2D eigenvalue weighted by molar-refractivity contribution is -0.138. The lowest BCUT2D eigenvalue weighted by Crippen LogP contribution is -2.47. The quantitative estimate of drug-likeness (QED) is 0.798. The fourth-order valence-electron chi connectivity index (χ4n) is 2.44. The highest BCUT2D eigenvalue weighted by atomic mass is 19.4. The molecule has 146 valence electrons. The average Bonchev–Trinajstić information content (AvgIpc) is 2.66. The first-order valence-corrected chi connectivity index (χ1v) is 8.29. The van der Waals surface area contributed by atoms with Crippen LogP contribution in [-0.2, 0) is 6.18 Å². The largest absolute Gasteiger partial charge is 0.462 e. The standard InChI is InChI=1S/C15H19F3N8O/c1-10(19)8-27-14-23-9-22-13(24-14)26-4-2-25(3-5-26)12-20-6-11(7-21-12)15(16,17)18/h6-7,9-10H,2-5,8,19H2,1H3. The summed E-state index contributed by atoms with van der Waals surface area (Å²) < 4.78 is 43.2. The van der Waals surface area contributed by atoms with Crippen LogP contribution < -0.4 is 20.3 Å². The van der Waals surface area contributed by atoms with Gasteiger partial charge in [-0.3, -0.25) is 0 Å². The molecule has 2 aromatic heterocycles. The van der Waals surface area contributed by atoms with Crippen molar-refractivity contribution in [3.8, 4) is 6.01 Å². The van der Waals surface area contributed by atoms with Crippen LogP contribution in [0.2, 0.25) is 0 Å². The predicted octanol–water partition coefficient (Wildman–Crippen LogP) is 0.733. The highest BCUT2D eigenvalue weighted by molar-refractivity contribution is 5.37. The van der Waals surface area contributed by atoms with E-state index >= 15 is 0 Å². The number of anilines is 2. The second-order valence-corrected chi connectivity index (χ2v) is 6.10. The maximum absolute atomic E-state index is 12.6. The predicted molar refractivity (Wildman–Crippen MR) is 90.4 cm³/mol. The van der Waals surface area contributed by atoms with Crippen molar-refractivity contribution in [1.29, 1.82) is 0 Å². The van der Waals surface area contributed by atoms with Gasteiger partial charge in [-0.25, -0.2) is 15.0 Å². The van der Waals surface area contributed by atoms with Gasteiger partial charge in [0.25, 0.3) is 0 Å². The Kier molecular flexibility index (Phi) is 5.54. The first-order chi connectivity index (χ1) is 12.8. The molecule has 27 heavy (non-hydrogen) atoms. The van der Waals surface area contributed by atoms with Crippen LogP contribution in [0.25, 0.3) is 0 Å². The van der Waals surface area contributed by atoms with Gasteiger partial charge in [0, 0.05) is 44.6 Å². The zero-order valence-corrected chi connectivity index (χ0v) is 14.6. The Hall–Kier alpha value is -2.76. The van der Waals surface area contributed by atoms with Crippen LogP contribution in [-0.4, -0.2) is 63.7 Å². The SMILES string of the molecule is CC(N)COc1ncnc(N2CCN(c3ncc(C(F)(F)F)cn3)CC2)n1. The Morgan fingerprint density at radius 2 is 1.63 bits per heavy atom. The molecule has 3 heterocycles. The van der Waals surface area contributed by atoms with Gasteiger partial charge < -0.3 is 20.3 Å². The van der Waals surface area contributed by atoms with E-state index in [9.17, 15) is 13.2 Å². The molecule has 12 heteroatoms. The third-order valence-corrected chi connectivity index (χ3v) is 3.82. The molecule has 1 aliphatic heterocycles. The van der Waals surface area contributed by atoms with Crippen LogP contribution >= 0.6 is 0 Å². The number of halogens is 3. The fourth-order valence-corrected chi connectivity index (χ4v) is 2.44. The summed E-state index contributed by atoms with van der Waals surface area (Å²) >= 11 is 0. The summed E-state index contributed by atoms with van der Waals surface area (Å²) in [5.74, 6) is 0.733. The van der Waals surface area contributed by atoms with E-state index in [4.69, 9.17) is 10.5 Å². The minimum atomic E-state index is -4.45. The first kappa shape index (κ1) is 19.0. The van der Waals surface area contributed by atoms with Crippen LogP contribution in [0.15, 0.2) is 18.7 Å². The number of hydrogen-bond acceptors (Lipinski definition) is 9. The van der Waals surface area contributed by atoms with Gasteiger partial charge in [-0.05, 0) is 6.92 Å². The lowest BCUT2D eigenvalue weighted by Gasteiger charge is -2.34. The fraction of sp³-hybridized carbons (Fsp3) is 0.533. The molecule has 1 unspecified atom stereocenters. The van der Waals surface area contributed by atoms with Crippen molar-refractivity contribution in [3.63, 3.8) is 0 Å². The van der Waals surface area contributed by atoms with E-state index in [1.807, 2.05) is 16.7 Å². The Balaban J connectivity index is 1.59. The second-order valence-electron chi connectivity index (χ2n) is 6.10. The Bertz CT molecular complexity index is 747. The molecule has 0 bridgehead atoms. The van der Waals surface area contributed by atoms with Crippen molar-refractivity contribution in [3.05, 3.63) is 24.3 Å². The molecule has 0 saturated carbocycles. The molecule has 1 atom stereocenters. The minimum Gasteiger partial charge on any atom is -0.462 e. The average molecular weight is 384 g/mol. The molecule has 9 nitrogen and oxygen atoms in total. The summed E-state index contributed by atoms with van der Waals surface area (Å²) in [6.45, 7) is 4.26. The van der Waals surface area contributed by atoms with Crippen molar-refractivity contribution in [2.45, 2.75) is 19.1 Å². The molecule has 1 fully saturated rings. The van der Waals surface area contributed by atoms with Gasteiger partial charge in [0.1, 0.15) is 12.9 Å². The van der Waals surface area contributed by atoms with E-state index < -0.39 is 11.7 Å². The molecule has 0 amide bonds. The highest BCUT2D eigenvalue weighted by Gasteiger charge is 2.32. The molecule has 0 radical (unpaired) electrons. The molecular formula is C15H19F3N8O. The maximum Gasteiger partial charge on any atom is 0.419 e. The smallest absolute Gasteiger partial charge is 0.419 e. The summed E-state index contributed by atoms with van der Waals surface area (Å²) in [5, 5.41) is 0. The van der Waals surface area contributed by atoms with E-state index in [-0.39, 0.29) is 18.0 Å². The highest BCUT2D eigenvalue weighted by Crippen LogP contribution is 2.28. The minimum absolute atomic E-state index is 0.141. The summed E-state index contributed by atoms with van der Waals surface area (Å²) in [5.41, 5.74) is 4.77. The third kappa shape index (κ3) is 4.90. The monoisotopic (exact) mass is 384 g/mol. The van der Waals surface area contributed by atoms with E-state index in [2.05, 4.69) is 24.9 Å². The molecule has 2 N–H and O–H groups in total. The van der Waals surface area contributed by atoms with Gasteiger partial charge >= 0.3 is 12.2 Å². The summed E-state index contributed by atoms with van der Waals surface area (Å²) in [6.07, 6.45) is -1.49. The van der Waals surface area contributed by atoms with Crippen molar-refractivity contribution in [2.24, 2.45) is 5.73 Å². The van der Waals surface area contributed by atoms with Gasteiger partial charge in [0.05, 0.1) is 5.56 Å². The number of rotatable bonds is 5. The van der Waals surface area contributed by atoms with Crippen LogP contribution in [0.4, 0.5) is 25.1 Å². The maximum atomic E-state index is 12.6. The van der Waals surface area contributed by atoms with Crippen LogP contribution in [0.1, 0.15) is 12.5 Å². The normalized spacial score (nSPS) is 16.3. The number of piperazine rings is 1. The second kappa shape index (κ2) is 7.86. The molecule has 1 aliphatic rings. The van der Waals surface area contributed by atoms with Gasteiger partial charge in [0.15, 0.2) is 0 Å². The Labute approximate surface area is 153 Å². The van der Waals surface area contributed by atoms with Gasteiger partial charge in [0.2, 0.25) is 11.9 Å². The molecule has 0 aromatic carbocycles. The zero-order chi connectivity index (χ0) is 19.4. The molecule has 0 aliphatic carbocycles. The van der Waals surface area contributed by atoms with Crippen LogP contribution in [0, 0.1) is 0 Å². The molecule has 3 rings (SSSR count). The van der Waals surface area contributed by atoms with E-state index in [0.29, 0.717) is 38.7 Å². The summed E-state index contributed by atoms with van der Waals surface area (Å²) in [7, 11) is 0.